The molecule has 9 heteroatoms. The highest BCUT2D eigenvalue weighted by atomic mass is 35.5. The minimum absolute atomic E-state index is 0.0242. The molecule has 1 aromatic carbocycles. The number of pyridine rings is 2. The molecule has 4 aromatic rings. The summed E-state index contributed by atoms with van der Waals surface area (Å²) in [5.41, 5.74) is 1.98. The fourth-order valence-corrected chi connectivity index (χ4v) is 4.13. The zero-order chi connectivity index (χ0) is 22.4. The van der Waals surface area contributed by atoms with E-state index in [0.717, 1.165) is 10.9 Å². The number of benzene rings is 1. The van der Waals surface area contributed by atoms with Crippen LogP contribution in [0, 0.1) is 12.7 Å². The van der Waals surface area contributed by atoms with E-state index in [1.807, 2.05) is 23.8 Å². The standard InChI is InChI=1S/C23H20ClFN6O/c1-13-3-4-26-10-16(13)15-7-14-8-18(27-11-17(14)22(24)23(15)25)28-19-12-31-6-5-30(2)21(32)9-20(31)29-19/h3-4,7-8,10-12H,5-6,9H2,1-2H3,(H,27,28). The molecule has 32 heavy (non-hydrogen) atoms. The smallest absolute Gasteiger partial charge is 0.229 e. The second kappa shape index (κ2) is 7.87. The molecular weight excluding hydrogens is 431 g/mol. The number of aromatic nitrogens is 4. The largest absolute Gasteiger partial charge is 0.344 e. The third-order valence-electron chi connectivity index (χ3n) is 5.76. The third-order valence-corrected chi connectivity index (χ3v) is 6.13. The number of halogens is 2. The summed E-state index contributed by atoms with van der Waals surface area (Å²) < 4.78 is 17.0. The van der Waals surface area contributed by atoms with Gasteiger partial charge in [-0.15, -0.1) is 0 Å². The van der Waals surface area contributed by atoms with Crippen molar-refractivity contribution in [2.75, 3.05) is 18.9 Å². The molecular formula is C23H20ClFN6O. The zero-order valence-corrected chi connectivity index (χ0v) is 18.3. The van der Waals surface area contributed by atoms with Crippen LogP contribution in [-0.2, 0) is 17.8 Å². The van der Waals surface area contributed by atoms with Crippen LogP contribution in [0.1, 0.15) is 11.4 Å². The first kappa shape index (κ1) is 20.4. The van der Waals surface area contributed by atoms with Crippen LogP contribution in [0.5, 0.6) is 0 Å². The number of nitrogens with zero attached hydrogens (tertiary/aromatic N) is 5. The summed E-state index contributed by atoms with van der Waals surface area (Å²) in [5, 5.41) is 4.47. The van der Waals surface area contributed by atoms with Crippen LogP contribution in [0.25, 0.3) is 21.9 Å². The number of imidazole rings is 1. The van der Waals surface area contributed by atoms with Gasteiger partial charge >= 0.3 is 0 Å². The van der Waals surface area contributed by atoms with E-state index >= 15 is 4.39 Å². The molecule has 0 atom stereocenters. The first-order valence-corrected chi connectivity index (χ1v) is 10.5. The molecule has 0 bridgehead atoms. The maximum absolute atomic E-state index is 15.0. The topological polar surface area (TPSA) is 75.9 Å². The van der Waals surface area contributed by atoms with E-state index in [9.17, 15) is 4.79 Å². The third kappa shape index (κ3) is 3.56. The van der Waals surface area contributed by atoms with Gasteiger partial charge in [-0.1, -0.05) is 11.6 Å². The van der Waals surface area contributed by atoms with E-state index < -0.39 is 5.82 Å². The van der Waals surface area contributed by atoms with Crippen molar-refractivity contribution in [3.05, 3.63) is 65.2 Å². The van der Waals surface area contributed by atoms with Crippen LogP contribution < -0.4 is 5.32 Å². The van der Waals surface area contributed by atoms with Gasteiger partial charge in [0.15, 0.2) is 0 Å². The number of carbonyl (C=O) groups is 1. The lowest BCUT2D eigenvalue weighted by Crippen LogP contribution is -2.28. The number of hydrogen-bond acceptors (Lipinski definition) is 5. The molecule has 0 fully saturated rings. The number of amides is 1. The van der Waals surface area contributed by atoms with Gasteiger partial charge in [0.1, 0.15) is 23.3 Å². The monoisotopic (exact) mass is 450 g/mol. The lowest BCUT2D eigenvalue weighted by molar-refractivity contribution is -0.128. The van der Waals surface area contributed by atoms with Crippen molar-refractivity contribution in [1.29, 1.82) is 0 Å². The van der Waals surface area contributed by atoms with Crippen molar-refractivity contribution in [2.45, 2.75) is 19.9 Å². The predicted octanol–water partition coefficient (Wildman–Crippen LogP) is 4.35. The molecule has 4 heterocycles. The SMILES string of the molecule is Cc1ccncc1-c1cc2cc(Nc3cn4c(n3)CC(=O)N(C)CC4)ncc2c(Cl)c1F. The summed E-state index contributed by atoms with van der Waals surface area (Å²) in [6, 6.07) is 5.39. The number of hydrogen-bond donors (Lipinski definition) is 1. The van der Waals surface area contributed by atoms with Gasteiger partial charge in [0.05, 0.1) is 11.4 Å². The number of anilines is 2. The van der Waals surface area contributed by atoms with E-state index in [4.69, 9.17) is 11.6 Å². The minimum Gasteiger partial charge on any atom is -0.344 e. The zero-order valence-electron chi connectivity index (χ0n) is 17.6. The molecule has 0 spiro atoms. The van der Waals surface area contributed by atoms with Crippen molar-refractivity contribution in [1.82, 2.24) is 24.4 Å². The quantitative estimate of drug-likeness (QED) is 0.502. The van der Waals surface area contributed by atoms with Gasteiger partial charge in [-0.3, -0.25) is 9.78 Å². The first-order valence-electron chi connectivity index (χ1n) is 10.2. The summed E-state index contributed by atoms with van der Waals surface area (Å²) >= 11 is 6.35. The molecule has 1 N–H and O–H groups in total. The summed E-state index contributed by atoms with van der Waals surface area (Å²) in [5.74, 6) is 1.40. The second-order valence-electron chi connectivity index (χ2n) is 7.89. The molecule has 5 rings (SSSR count). The fourth-order valence-electron chi connectivity index (χ4n) is 3.87. The highest BCUT2D eigenvalue weighted by Gasteiger charge is 2.20. The van der Waals surface area contributed by atoms with Gasteiger partial charge in [-0.05, 0) is 36.1 Å². The summed E-state index contributed by atoms with van der Waals surface area (Å²) in [4.78, 5) is 26.9. The van der Waals surface area contributed by atoms with Crippen LogP contribution in [0.4, 0.5) is 16.0 Å². The maximum Gasteiger partial charge on any atom is 0.229 e. The molecule has 7 nitrogen and oxygen atoms in total. The Labute approximate surface area is 188 Å². The Morgan fingerprint density at radius 3 is 2.81 bits per heavy atom. The van der Waals surface area contributed by atoms with E-state index in [-0.39, 0.29) is 17.4 Å². The Morgan fingerprint density at radius 2 is 2.00 bits per heavy atom. The highest BCUT2D eigenvalue weighted by molar-refractivity contribution is 6.36. The normalized spacial score (nSPS) is 13.9. The van der Waals surface area contributed by atoms with E-state index in [0.29, 0.717) is 47.1 Å². The molecule has 0 aliphatic carbocycles. The fraction of sp³-hybridized carbons (Fsp3) is 0.217. The Kier molecular flexibility index (Phi) is 5.01. The van der Waals surface area contributed by atoms with E-state index in [1.165, 1.54) is 0 Å². The Bertz CT molecular complexity index is 1370. The summed E-state index contributed by atoms with van der Waals surface area (Å²) in [7, 11) is 1.79. The molecule has 0 saturated heterocycles. The molecule has 0 unspecified atom stereocenters. The Morgan fingerprint density at radius 1 is 1.16 bits per heavy atom. The van der Waals surface area contributed by atoms with Crippen molar-refractivity contribution >= 4 is 39.9 Å². The number of aryl methyl sites for hydroxylation is 1. The van der Waals surface area contributed by atoms with Gasteiger partial charge < -0.3 is 14.8 Å². The van der Waals surface area contributed by atoms with Crippen LogP contribution >= 0.6 is 11.6 Å². The molecule has 162 valence electrons. The van der Waals surface area contributed by atoms with Gasteiger partial charge in [-0.25, -0.2) is 14.4 Å². The van der Waals surface area contributed by atoms with Gasteiger partial charge in [0.25, 0.3) is 0 Å². The van der Waals surface area contributed by atoms with Crippen molar-refractivity contribution in [2.24, 2.45) is 0 Å². The predicted molar refractivity (Wildman–Crippen MR) is 122 cm³/mol. The first-order chi connectivity index (χ1) is 15.4. The highest BCUT2D eigenvalue weighted by Crippen LogP contribution is 2.36. The number of likely N-dealkylation sites (N-methyl/N-ethyl adjacent to an activating group) is 1. The van der Waals surface area contributed by atoms with Crippen LogP contribution in [0.3, 0.4) is 0 Å². The van der Waals surface area contributed by atoms with Crippen molar-refractivity contribution in [3.8, 4) is 11.1 Å². The number of rotatable bonds is 3. The van der Waals surface area contributed by atoms with Gasteiger partial charge in [-0.2, -0.15) is 0 Å². The van der Waals surface area contributed by atoms with Gasteiger partial charge in [0.2, 0.25) is 5.91 Å². The molecule has 3 aromatic heterocycles. The van der Waals surface area contributed by atoms with E-state index in [1.54, 1.807) is 42.7 Å². The van der Waals surface area contributed by atoms with Crippen molar-refractivity contribution < 1.29 is 9.18 Å². The number of nitrogens with one attached hydrogen (secondary N) is 1. The number of carbonyl (C=O) groups excluding carboxylic acids is 1. The van der Waals surface area contributed by atoms with Crippen LogP contribution in [0.15, 0.2) is 43.0 Å². The van der Waals surface area contributed by atoms with Crippen LogP contribution in [0.2, 0.25) is 5.02 Å². The minimum atomic E-state index is -0.495. The molecule has 1 aliphatic rings. The lowest BCUT2D eigenvalue weighted by atomic mass is 9.99. The molecule has 0 radical (unpaired) electrons. The second-order valence-corrected chi connectivity index (χ2v) is 8.26. The summed E-state index contributed by atoms with van der Waals surface area (Å²) in [6.07, 6.45) is 6.97. The molecule has 0 saturated carbocycles. The van der Waals surface area contributed by atoms with Crippen LogP contribution in [-0.4, -0.2) is 43.9 Å². The van der Waals surface area contributed by atoms with Crippen molar-refractivity contribution in [3.63, 3.8) is 0 Å². The van der Waals surface area contributed by atoms with Gasteiger partial charge in [0, 0.05) is 61.4 Å². The maximum atomic E-state index is 15.0. The average Bonchev–Trinajstić information content (AvgIpc) is 3.09. The Hall–Kier alpha value is -3.52. The summed E-state index contributed by atoms with van der Waals surface area (Å²) in [6.45, 7) is 3.22. The molecule has 1 amide bonds. The lowest BCUT2D eigenvalue weighted by Gasteiger charge is -2.12. The number of fused-ring (bicyclic) bond motifs is 2. The van der Waals surface area contributed by atoms with E-state index in [2.05, 4.69) is 20.3 Å². The molecule has 1 aliphatic heterocycles. The Balaban J connectivity index is 1.51. The average molecular weight is 451 g/mol.